The van der Waals surface area contributed by atoms with Crippen LogP contribution < -0.4 is 10.6 Å². The minimum Gasteiger partial charge on any atom is -0.325 e. The number of hydrogen-bond donors (Lipinski definition) is 2. The van der Waals surface area contributed by atoms with Crippen LogP contribution in [0.1, 0.15) is 21.7 Å². The second-order valence-electron chi connectivity index (χ2n) is 6.57. The first-order chi connectivity index (χ1) is 14.6. The van der Waals surface area contributed by atoms with Crippen LogP contribution in [0.5, 0.6) is 0 Å². The number of aryl methyl sites for hydroxylation is 1. The average molecular weight is 449 g/mol. The first kappa shape index (κ1) is 22.3. The molecular formula is C20H18F3N5O2S. The molecule has 1 heterocycles. The summed E-state index contributed by atoms with van der Waals surface area (Å²) in [6.45, 7) is 1.90. The minimum absolute atomic E-state index is 0.0482. The van der Waals surface area contributed by atoms with E-state index in [1.54, 1.807) is 30.3 Å². The van der Waals surface area contributed by atoms with Crippen molar-refractivity contribution in [3.05, 3.63) is 65.5 Å². The second-order valence-corrected chi connectivity index (χ2v) is 7.51. The Bertz CT molecular complexity index is 1110. The average Bonchev–Trinajstić information content (AvgIpc) is 3.07. The Morgan fingerprint density at radius 1 is 1.06 bits per heavy atom. The van der Waals surface area contributed by atoms with Crippen LogP contribution in [0.4, 0.5) is 24.5 Å². The van der Waals surface area contributed by atoms with E-state index in [2.05, 4.69) is 20.8 Å². The highest BCUT2D eigenvalue weighted by molar-refractivity contribution is 7.99. The highest BCUT2D eigenvalue weighted by Gasteiger charge is 2.37. The second kappa shape index (κ2) is 9.21. The van der Waals surface area contributed by atoms with Crippen LogP contribution in [-0.4, -0.2) is 32.3 Å². The van der Waals surface area contributed by atoms with Crippen LogP contribution >= 0.6 is 11.8 Å². The molecule has 7 nitrogen and oxygen atoms in total. The molecule has 0 aliphatic carbocycles. The summed E-state index contributed by atoms with van der Waals surface area (Å²) >= 11 is 0.807. The van der Waals surface area contributed by atoms with Crippen LogP contribution in [0.25, 0.3) is 0 Å². The summed E-state index contributed by atoms with van der Waals surface area (Å²) in [5.74, 6) is -2.26. The lowest BCUT2D eigenvalue weighted by molar-refractivity contribution is -0.147. The molecule has 3 aromatic rings. The molecule has 11 heteroatoms. The SMILES string of the molecule is Cc1cccc(NC(=O)c2ccccc2NC(=O)CSc2nnc(C(F)(F)F)n2C)c1. The van der Waals surface area contributed by atoms with Crippen LogP contribution in [0, 0.1) is 6.92 Å². The molecule has 0 saturated heterocycles. The number of amides is 2. The molecule has 0 radical (unpaired) electrons. The lowest BCUT2D eigenvalue weighted by Crippen LogP contribution is -2.19. The van der Waals surface area contributed by atoms with Crippen LogP contribution in [-0.2, 0) is 18.0 Å². The van der Waals surface area contributed by atoms with Crippen molar-refractivity contribution in [3.63, 3.8) is 0 Å². The molecule has 0 unspecified atom stereocenters. The normalized spacial score (nSPS) is 11.3. The molecule has 31 heavy (non-hydrogen) atoms. The molecule has 3 rings (SSSR count). The zero-order valence-electron chi connectivity index (χ0n) is 16.5. The van der Waals surface area contributed by atoms with E-state index in [0.717, 1.165) is 21.9 Å². The maximum absolute atomic E-state index is 12.8. The molecule has 0 fully saturated rings. The molecule has 1 aromatic heterocycles. The fourth-order valence-corrected chi connectivity index (χ4v) is 3.43. The van der Waals surface area contributed by atoms with Crippen molar-refractivity contribution < 1.29 is 22.8 Å². The topological polar surface area (TPSA) is 88.9 Å². The fourth-order valence-electron chi connectivity index (χ4n) is 2.72. The van der Waals surface area contributed by atoms with E-state index in [1.807, 2.05) is 25.1 Å². The minimum atomic E-state index is -4.63. The largest absolute Gasteiger partial charge is 0.451 e. The molecule has 2 N–H and O–H groups in total. The maximum atomic E-state index is 12.8. The number of carbonyl (C=O) groups excluding carboxylic acids is 2. The molecule has 2 amide bonds. The van der Waals surface area contributed by atoms with Crippen LogP contribution in [0.3, 0.4) is 0 Å². The molecule has 0 spiro atoms. The summed E-state index contributed by atoms with van der Waals surface area (Å²) in [6.07, 6.45) is -4.63. The van der Waals surface area contributed by atoms with Gasteiger partial charge in [-0.2, -0.15) is 13.2 Å². The van der Waals surface area contributed by atoms with Crippen molar-refractivity contribution >= 4 is 35.0 Å². The van der Waals surface area contributed by atoms with E-state index in [0.29, 0.717) is 5.69 Å². The third kappa shape index (κ3) is 5.63. The van der Waals surface area contributed by atoms with Gasteiger partial charge >= 0.3 is 6.18 Å². The first-order valence-electron chi connectivity index (χ1n) is 9.01. The number of carbonyl (C=O) groups is 2. The summed E-state index contributed by atoms with van der Waals surface area (Å²) < 4.78 is 39.2. The van der Waals surface area contributed by atoms with Gasteiger partial charge in [-0.1, -0.05) is 36.0 Å². The number of anilines is 2. The van der Waals surface area contributed by atoms with Gasteiger partial charge in [0.15, 0.2) is 5.16 Å². The van der Waals surface area contributed by atoms with Crippen LogP contribution in [0.15, 0.2) is 53.7 Å². The van der Waals surface area contributed by atoms with Gasteiger partial charge in [-0.15, -0.1) is 10.2 Å². The Balaban J connectivity index is 1.66. The smallest absolute Gasteiger partial charge is 0.325 e. The van der Waals surface area contributed by atoms with Gasteiger partial charge in [0, 0.05) is 12.7 Å². The Morgan fingerprint density at radius 2 is 1.81 bits per heavy atom. The van der Waals surface area contributed by atoms with E-state index in [-0.39, 0.29) is 22.2 Å². The predicted octanol–water partition coefficient (Wildman–Crippen LogP) is 4.13. The molecule has 0 aliphatic heterocycles. The number of halogens is 3. The highest BCUT2D eigenvalue weighted by Crippen LogP contribution is 2.29. The van der Waals surface area contributed by atoms with Gasteiger partial charge in [0.05, 0.1) is 17.0 Å². The fraction of sp³-hybridized carbons (Fsp3) is 0.200. The number of alkyl halides is 3. The van der Waals surface area contributed by atoms with E-state index in [4.69, 9.17) is 0 Å². The van der Waals surface area contributed by atoms with Gasteiger partial charge in [-0.25, -0.2) is 0 Å². The quantitative estimate of drug-likeness (QED) is 0.553. The summed E-state index contributed by atoms with van der Waals surface area (Å²) in [7, 11) is 1.17. The zero-order valence-corrected chi connectivity index (χ0v) is 17.3. The summed E-state index contributed by atoms with van der Waals surface area (Å²) in [5, 5.41) is 11.9. The Hall–Kier alpha value is -3.34. The van der Waals surface area contributed by atoms with E-state index in [1.165, 1.54) is 7.05 Å². The standard InChI is InChI=1S/C20H18F3N5O2S/c1-12-6-5-7-13(10-12)24-17(30)14-8-3-4-9-15(14)25-16(29)11-31-19-27-26-18(28(19)2)20(21,22)23/h3-10H,11H2,1-2H3,(H,24,30)(H,25,29). The third-order valence-corrected chi connectivity index (χ3v) is 5.16. The van der Waals surface area contributed by atoms with Gasteiger partial charge in [-0.3, -0.25) is 9.59 Å². The first-order valence-corrected chi connectivity index (χ1v) is 10.00. The Labute approximate surface area is 180 Å². The van der Waals surface area contributed by atoms with Crippen molar-refractivity contribution in [2.45, 2.75) is 18.3 Å². The maximum Gasteiger partial charge on any atom is 0.451 e. The van der Waals surface area contributed by atoms with Gasteiger partial charge in [0.2, 0.25) is 11.7 Å². The lowest BCUT2D eigenvalue weighted by atomic mass is 10.1. The number of hydrogen-bond acceptors (Lipinski definition) is 5. The van der Waals surface area contributed by atoms with E-state index < -0.39 is 23.8 Å². The van der Waals surface area contributed by atoms with Crippen molar-refractivity contribution in [2.24, 2.45) is 7.05 Å². The lowest BCUT2D eigenvalue weighted by Gasteiger charge is -2.12. The van der Waals surface area contributed by atoms with E-state index >= 15 is 0 Å². The highest BCUT2D eigenvalue weighted by atomic mass is 32.2. The molecule has 0 atom stereocenters. The summed E-state index contributed by atoms with van der Waals surface area (Å²) in [4.78, 5) is 25.0. The molecular weight excluding hydrogens is 431 g/mol. The van der Waals surface area contributed by atoms with Gasteiger partial charge in [0.1, 0.15) is 0 Å². The Kier molecular flexibility index (Phi) is 6.64. The molecule has 0 saturated carbocycles. The number of nitrogens with one attached hydrogen (secondary N) is 2. The third-order valence-electron chi connectivity index (χ3n) is 4.14. The molecule has 0 aliphatic rings. The summed E-state index contributed by atoms with van der Waals surface area (Å²) in [5.41, 5.74) is 2.13. The predicted molar refractivity (Wildman–Crippen MR) is 111 cm³/mol. The van der Waals surface area contributed by atoms with Crippen molar-refractivity contribution in [1.29, 1.82) is 0 Å². The molecule has 2 aromatic carbocycles. The van der Waals surface area contributed by atoms with E-state index in [9.17, 15) is 22.8 Å². The van der Waals surface area contributed by atoms with Crippen LogP contribution in [0.2, 0.25) is 0 Å². The number of nitrogens with zero attached hydrogens (tertiary/aromatic N) is 3. The van der Waals surface area contributed by atoms with Gasteiger partial charge < -0.3 is 15.2 Å². The van der Waals surface area contributed by atoms with Gasteiger partial charge in [-0.05, 0) is 36.8 Å². The van der Waals surface area contributed by atoms with Crippen molar-refractivity contribution in [1.82, 2.24) is 14.8 Å². The zero-order chi connectivity index (χ0) is 22.6. The number of benzene rings is 2. The monoisotopic (exact) mass is 449 g/mol. The molecule has 0 bridgehead atoms. The number of thioether (sulfide) groups is 1. The Morgan fingerprint density at radius 3 is 2.48 bits per heavy atom. The van der Waals surface area contributed by atoms with Gasteiger partial charge in [0.25, 0.3) is 5.91 Å². The molecule has 162 valence electrons. The van der Waals surface area contributed by atoms with Crippen molar-refractivity contribution in [3.8, 4) is 0 Å². The number of aromatic nitrogens is 3. The number of rotatable bonds is 6. The number of para-hydroxylation sites is 1. The van der Waals surface area contributed by atoms with Crippen molar-refractivity contribution in [2.75, 3.05) is 16.4 Å². The summed E-state index contributed by atoms with van der Waals surface area (Å²) in [6, 6.07) is 13.7.